The molecule has 7 heteroatoms. The fourth-order valence-electron chi connectivity index (χ4n) is 1.74. The Kier molecular flexibility index (Phi) is 4.39. The summed E-state index contributed by atoms with van der Waals surface area (Å²) < 4.78 is 43.4. The van der Waals surface area contributed by atoms with Crippen LogP contribution < -0.4 is 0 Å². The molecule has 20 heavy (non-hydrogen) atoms. The van der Waals surface area contributed by atoms with Gasteiger partial charge in [0, 0.05) is 0 Å². The van der Waals surface area contributed by atoms with Crippen LogP contribution in [-0.2, 0) is 24.5 Å². The van der Waals surface area contributed by atoms with Crippen LogP contribution in [0.3, 0.4) is 0 Å². The molecule has 0 amide bonds. The van der Waals surface area contributed by atoms with Gasteiger partial charge in [0.05, 0.1) is 6.61 Å². The van der Waals surface area contributed by atoms with Crippen LogP contribution in [-0.4, -0.2) is 20.9 Å². The Morgan fingerprint density at radius 1 is 1.15 bits per heavy atom. The fraction of sp³-hybridized carbons (Fsp3) is 0.385. The average Bonchev–Trinajstić information content (AvgIpc) is 2.68. The number of aryl methyl sites for hydroxylation is 1. The fourth-order valence-corrected chi connectivity index (χ4v) is 1.74. The number of aromatic nitrogens is 3. The summed E-state index contributed by atoms with van der Waals surface area (Å²) in [4.78, 5) is 3.95. The third kappa shape index (κ3) is 4.34. The van der Waals surface area contributed by atoms with Crippen molar-refractivity contribution in [3.8, 4) is 0 Å². The molecule has 1 aromatic carbocycles. The molecule has 0 radical (unpaired) electrons. The molecular formula is C13H14F3N3O. The van der Waals surface area contributed by atoms with Crippen LogP contribution in [0.5, 0.6) is 0 Å². The molecule has 108 valence electrons. The number of alkyl halides is 3. The molecule has 0 saturated carbocycles. The van der Waals surface area contributed by atoms with Crippen molar-refractivity contribution < 1.29 is 17.9 Å². The van der Waals surface area contributed by atoms with Crippen LogP contribution in [0, 0.1) is 6.92 Å². The van der Waals surface area contributed by atoms with E-state index in [1.54, 1.807) is 6.92 Å². The van der Waals surface area contributed by atoms with Crippen LogP contribution >= 0.6 is 0 Å². The maximum absolute atomic E-state index is 12.4. The van der Waals surface area contributed by atoms with Crippen molar-refractivity contribution in [2.75, 3.05) is 0 Å². The minimum Gasteiger partial charge on any atom is -0.369 e. The first-order valence-corrected chi connectivity index (χ1v) is 6.03. The van der Waals surface area contributed by atoms with Crippen LogP contribution in [0.25, 0.3) is 0 Å². The van der Waals surface area contributed by atoms with Gasteiger partial charge in [-0.1, -0.05) is 30.3 Å². The van der Waals surface area contributed by atoms with Crippen molar-refractivity contribution in [3.05, 3.63) is 47.5 Å². The first-order valence-electron chi connectivity index (χ1n) is 6.03. The number of rotatable bonds is 5. The van der Waals surface area contributed by atoms with Gasteiger partial charge in [0.25, 0.3) is 0 Å². The molecule has 0 saturated heterocycles. The van der Waals surface area contributed by atoms with E-state index in [1.165, 1.54) is 0 Å². The number of hydrogen-bond acceptors (Lipinski definition) is 3. The van der Waals surface area contributed by atoms with Crippen molar-refractivity contribution in [2.45, 2.75) is 32.9 Å². The van der Waals surface area contributed by atoms with E-state index >= 15 is 0 Å². The predicted molar refractivity (Wildman–Crippen MR) is 65.7 cm³/mol. The van der Waals surface area contributed by atoms with Crippen LogP contribution in [0.15, 0.2) is 30.3 Å². The molecule has 0 N–H and O–H groups in total. The maximum atomic E-state index is 12.4. The van der Waals surface area contributed by atoms with Crippen LogP contribution in [0.2, 0.25) is 0 Å². The lowest BCUT2D eigenvalue weighted by molar-refractivity contribution is -0.143. The Labute approximate surface area is 114 Å². The van der Waals surface area contributed by atoms with E-state index in [4.69, 9.17) is 4.74 Å². The molecule has 1 aromatic heterocycles. The van der Waals surface area contributed by atoms with Crippen molar-refractivity contribution in [3.63, 3.8) is 0 Å². The normalized spacial score (nSPS) is 11.8. The third-order valence-corrected chi connectivity index (χ3v) is 2.53. The predicted octanol–water partition coefficient (Wildman–Crippen LogP) is 2.87. The first-order chi connectivity index (χ1) is 9.44. The van der Waals surface area contributed by atoms with Gasteiger partial charge in [-0.05, 0) is 12.5 Å². The molecule has 0 aliphatic carbocycles. The van der Waals surface area contributed by atoms with Gasteiger partial charge in [0.2, 0.25) is 0 Å². The van der Waals surface area contributed by atoms with E-state index in [1.807, 2.05) is 30.3 Å². The van der Waals surface area contributed by atoms with Gasteiger partial charge in [-0.3, -0.25) is 0 Å². The highest BCUT2D eigenvalue weighted by molar-refractivity contribution is 5.13. The Bertz CT molecular complexity index is 552. The summed E-state index contributed by atoms with van der Waals surface area (Å²) in [5.74, 6) is 0.475. The summed E-state index contributed by atoms with van der Waals surface area (Å²) in [6.45, 7) is 0.704. The molecule has 4 nitrogen and oxygen atoms in total. The Morgan fingerprint density at radius 2 is 1.85 bits per heavy atom. The second kappa shape index (κ2) is 6.04. The van der Waals surface area contributed by atoms with Crippen molar-refractivity contribution in [2.24, 2.45) is 0 Å². The minimum absolute atomic E-state index is 0.00812. The van der Waals surface area contributed by atoms with Crippen LogP contribution in [0.1, 0.15) is 17.2 Å². The second-order valence-corrected chi connectivity index (χ2v) is 4.33. The molecule has 0 atom stereocenters. The van der Waals surface area contributed by atoms with Crippen molar-refractivity contribution in [1.29, 1.82) is 0 Å². The number of ether oxygens (including phenoxy) is 1. The Hall–Kier alpha value is -1.89. The van der Waals surface area contributed by atoms with E-state index in [0.717, 1.165) is 10.2 Å². The standard InChI is InChI=1S/C13H14F3N3O/c1-10-17-12(19(18-10)9-13(14,15)16)8-20-7-11-5-3-2-4-6-11/h2-6H,7-9H2,1H3. The lowest BCUT2D eigenvalue weighted by atomic mass is 10.2. The van der Waals surface area contributed by atoms with E-state index in [9.17, 15) is 13.2 Å². The highest BCUT2D eigenvalue weighted by atomic mass is 19.4. The van der Waals surface area contributed by atoms with Gasteiger partial charge in [-0.25, -0.2) is 9.67 Å². The summed E-state index contributed by atoms with van der Waals surface area (Å²) in [6, 6.07) is 9.38. The minimum atomic E-state index is -4.33. The second-order valence-electron chi connectivity index (χ2n) is 4.33. The van der Waals surface area contributed by atoms with Gasteiger partial charge < -0.3 is 4.74 Å². The van der Waals surface area contributed by atoms with Gasteiger partial charge in [-0.15, -0.1) is 0 Å². The first kappa shape index (κ1) is 14.5. The van der Waals surface area contributed by atoms with Crippen LogP contribution in [0.4, 0.5) is 13.2 Å². The molecule has 2 rings (SSSR count). The molecular weight excluding hydrogens is 271 g/mol. The molecule has 0 aliphatic rings. The topological polar surface area (TPSA) is 39.9 Å². The molecule has 0 unspecified atom stereocenters. The highest BCUT2D eigenvalue weighted by Gasteiger charge is 2.30. The molecule has 1 heterocycles. The zero-order valence-electron chi connectivity index (χ0n) is 10.9. The zero-order valence-corrected chi connectivity index (χ0v) is 10.9. The monoisotopic (exact) mass is 285 g/mol. The third-order valence-electron chi connectivity index (χ3n) is 2.53. The van der Waals surface area contributed by atoms with E-state index in [2.05, 4.69) is 10.1 Å². The number of halogens is 3. The van der Waals surface area contributed by atoms with Crippen molar-refractivity contribution >= 4 is 0 Å². The lowest BCUT2D eigenvalue weighted by Gasteiger charge is -2.09. The number of benzene rings is 1. The molecule has 0 fully saturated rings. The molecule has 0 bridgehead atoms. The SMILES string of the molecule is Cc1nc(COCc2ccccc2)n(CC(F)(F)F)n1. The quantitative estimate of drug-likeness (QED) is 0.848. The van der Waals surface area contributed by atoms with Gasteiger partial charge in [0.1, 0.15) is 19.0 Å². The van der Waals surface area contributed by atoms with Gasteiger partial charge >= 0.3 is 6.18 Å². The molecule has 0 spiro atoms. The van der Waals surface area contributed by atoms with Crippen molar-refractivity contribution in [1.82, 2.24) is 14.8 Å². The Balaban J connectivity index is 1.95. The van der Waals surface area contributed by atoms with E-state index < -0.39 is 12.7 Å². The lowest BCUT2D eigenvalue weighted by Crippen LogP contribution is -2.21. The average molecular weight is 285 g/mol. The zero-order chi connectivity index (χ0) is 14.6. The van der Waals surface area contributed by atoms with E-state index in [-0.39, 0.29) is 12.4 Å². The van der Waals surface area contributed by atoms with Gasteiger partial charge in [-0.2, -0.15) is 18.3 Å². The summed E-state index contributed by atoms with van der Waals surface area (Å²) >= 11 is 0. The maximum Gasteiger partial charge on any atom is 0.408 e. The summed E-state index contributed by atoms with van der Waals surface area (Å²) in [5, 5.41) is 3.73. The van der Waals surface area contributed by atoms with E-state index in [0.29, 0.717) is 12.4 Å². The summed E-state index contributed by atoms with van der Waals surface area (Å²) in [7, 11) is 0. The van der Waals surface area contributed by atoms with Gasteiger partial charge in [0.15, 0.2) is 5.82 Å². The smallest absolute Gasteiger partial charge is 0.369 e. The molecule has 2 aromatic rings. The summed E-state index contributed by atoms with van der Waals surface area (Å²) in [6.07, 6.45) is -4.33. The highest BCUT2D eigenvalue weighted by Crippen LogP contribution is 2.18. The summed E-state index contributed by atoms with van der Waals surface area (Å²) in [5.41, 5.74) is 0.950. The number of hydrogen-bond donors (Lipinski definition) is 0. The number of nitrogens with zero attached hydrogens (tertiary/aromatic N) is 3. The Morgan fingerprint density at radius 3 is 2.50 bits per heavy atom. The largest absolute Gasteiger partial charge is 0.408 e. The molecule has 0 aliphatic heterocycles.